The molecule has 4 aromatic carbocycles. The lowest BCUT2D eigenvalue weighted by Gasteiger charge is -2.35. The molecule has 0 saturated carbocycles. The van der Waals surface area contributed by atoms with Crippen molar-refractivity contribution in [2.24, 2.45) is 0 Å². The third-order valence-corrected chi connectivity index (χ3v) is 16.4. The van der Waals surface area contributed by atoms with Gasteiger partial charge in [0.25, 0.3) is 0 Å². The summed E-state index contributed by atoms with van der Waals surface area (Å²) < 4.78 is 0. The highest BCUT2D eigenvalue weighted by atomic mass is 31.7. The van der Waals surface area contributed by atoms with E-state index in [0.717, 1.165) is 26.2 Å². The Balaban J connectivity index is 1.65. The van der Waals surface area contributed by atoms with Gasteiger partial charge in [-0.25, -0.2) is 0 Å². The average molecular weight is 841 g/mol. The molecule has 0 aliphatic carbocycles. The van der Waals surface area contributed by atoms with Crippen molar-refractivity contribution < 1.29 is 0 Å². The van der Waals surface area contributed by atoms with Crippen LogP contribution in [0.4, 0.5) is 22.7 Å². The van der Waals surface area contributed by atoms with Crippen LogP contribution in [0.1, 0.15) is 203 Å². The molecule has 0 N–H and O–H groups in total. The van der Waals surface area contributed by atoms with E-state index in [1.165, 1.54) is 82.7 Å². The molecule has 4 aromatic rings. The second kappa shape index (κ2) is 19.5. The molecule has 8 heteroatoms. The molecule has 0 amide bonds. The molecule has 320 valence electrons. The predicted molar refractivity (Wildman–Crippen MR) is 273 cm³/mol. The van der Waals surface area contributed by atoms with Crippen LogP contribution in [0, 0.1) is 0 Å². The van der Waals surface area contributed by atoms with Crippen LogP contribution >= 0.6 is 15.5 Å². The Labute approximate surface area is 370 Å². The van der Waals surface area contributed by atoms with Crippen LogP contribution in [-0.2, 0) is 0 Å². The van der Waals surface area contributed by atoms with Crippen LogP contribution in [-0.4, -0.2) is 39.6 Å². The fourth-order valence-corrected chi connectivity index (χ4v) is 13.8. The van der Waals surface area contributed by atoms with E-state index in [2.05, 4.69) is 203 Å². The van der Waals surface area contributed by atoms with E-state index in [1.807, 2.05) is 0 Å². The molecule has 6 rings (SSSR count). The van der Waals surface area contributed by atoms with E-state index in [1.54, 1.807) is 0 Å². The topological polar surface area (TPSA) is 13.0 Å². The molecule has 2 aliphatic heterocycles. The average Bonchev–Trinajstić information content (AvgIpc) is 3.82. The SMILES string of the molecule is CC(C)c1cccc(C(C)C)c1N1CCN(c2c(C(C)C)cccc2C(C)C)B1P=PB1N(c2c(C(C)C)cccc2C(C)C)CCN1c1c(C(C)C)cccc1C(C)C. The lowest BCUT2D eigenvalue weighted by atomic mass is 9.87. The molecule has 2 aliphatic rings. The van der Waals surface area contributed by atoms with Crippen molar-refractivity contribution in [3.63, 3.8) is 0 Å². The molecule has 4 nitrogen and oxygen atoms in total. The maximum Gasteiger partial charge on any atom is 0.440 e. The smallest absolute Gasteiger partial charge is 0.386 e. The lowest BCUT2D eigenvalue weighted by Crippen LogP contribution is -2.43. The van der Waals surface area contributed by atoms with Crippen molar-refractivity contribution in [2.75, 3.05) is 45.4 Å². The zero-order valence-electron chi connectivity index (χ0n) is 40.2. The van der Waals surface area contributed by atoms with Gasteiger partial charge in [0, 0.05) is 48.9 Å². The number of rotatable bonds is 14. The minimum atomic E-state index is 0.181. The Morgan fingerprint density at radius 1 is 0.300 bits per heavy atom. The molecule has 0 bridgehead atoms. The maximum atomic E-state index is 2.85. The molecule has 60 heavy (non-hydrogen) atoms. The minimum Gasteiger partial charge on any atom is -0.386 e. The van der Waals surface area contributed by atoms with E-state index in [-0.39, 0.29) is 13.4 Å². The summed E-state index contributed by atoms with van der Waals surface area (Å²) >= 11 is 0. The van der Waals surface area contributed by atoms with Gasteiger partial charge < -0.3 is 19.2 Å². The van der Waals surface area contributed by atoms with Crippen LogP contribution in [0.25, 0.3) is 0 Å². The molecule has 0 radical (unpaired) electrons. The van der Waals surface area contributed by atoms with Gasteiger partial charge in [-0.2, -0.15) is 0 Å². The molecule has 0 spiro atoms. The highest BCUT2D eigenvalue weighted by Crippen LogP contribution is 2.49. The first kappa shape index (κ1) is 46.3. The number of para-hydroxylation sites is 4. The normalized spacial score (nSPS) is 15.3. The molecular formula is C52H76B2N4P2. The molecule has 2 saturated heterocycles. The zero-order chi connectivity index (χ0) is 43.7. The molecule has 2 fully saturated rings. The molecular weight excluding hydrogens is 764 g/mol. The number of hydrogen-bond donors (Lipinski definition) is 0. The Morgan fingerprint density at radius 2 is 0.450 bits per heavy atom. The monoisotopic (exact) mass is 841 g/mol. The fourth-order valence-electron chi connectivity index (χ4n) is 9.88. The number of hydrogen-bond acceptors (Lipinski definition) is 4. The number of benzene rings is 4. The summed E-state index contributed by atoms with van der Waals surface area (Å²) in [5.41, 5.74) is 17.7. The first-order valence-electron chi connectivity index (χ1n) is 23.4. The van der Waals surface area contributed by atoms with Gasteiger partial charge in [-0.05, 0) is 91.9 Å². The van der Waals surface area contributed by atoms with Gasteiger partial charge in [0.2, 0.25) is 0 Å². The molecule has 0 aromatic heterocycles. The third kappa shape index (κ3) is 9.13. The summed E-state index contributed by atoms with van der Waals surface area (Å²) in [7, 11) is 2.82. The van der Waals surface area contributed by atoms with Crippen molar-refractivity contribution in [1.29, 1.82) is 0 Å². The molecule has 2 heterocycles. The number of nitrogens with zero attached hydrogens (tertiary/aromatic N) is 4. The molecule has 0 atom stereocenters. The van der Waals surface area contributed by atoms with Gasteiger partial charge in [-0.3, -0.25) is 0 Å². The second-order valence-corrected chi connectivity index (χ2v) is 22.8. The summed E-state index contributed by atoms with van der Waals surface area (Å²) in [6, 6.07) is 28.5. The first-order chi connectivity index (χ1) is 28.5. The summed E-state index contributed by atoms with van der Waals surface area (Å²) in [6.07, 6.45) is 0. The van der Waals surface area contributed by atoms with E-state index in [9.17, 15) is 0 Å². The van der Waals surface area contributed by atoms with Crippen molar-refractivity contribution in [3.8, 4) is 0 Å². The summed E-state index contributed by atoms with van der Waals surface area (Å²) in [5.74, 6) is 3.46. The van der Waals surface area contributed by atoms with Crippen LogP contribution in [0.15, 0.2) is 72.8 Å². The van der Waals surface area contributed by atoms with Crippen molar-refractivity contribution in [2.45, 2.75) is 158 Å². The quantitative estimate of drug-likeness (QED) is 0.0926. The maximum absolute atomic E-state index is 2.85. The summed E-state index contributed by atoms with van der Waals surface area (Å²) in [5, 5.41) is 0. The van der Waals surface area contributed by atoms with E-state index < -0.39 is 0 Å². The van der Waals surface area contributed by atoms with Crippen LogP contribution in [0.2, 0.25) is 0 Å². The summed E-state index contributed by atoms with van der Waals surface area (Å²) in [4.78, 5) is 11.4. The van der Waals surface area contributed by atoms with E-state index >= 15 is 0 Å². The Morgan fingerprint density at radius 3 is 0.583 bits per heavy atom. The fraction of sp³-hybridized carbons (Fsp3) is 0.538. The third-order valence-electron chi connectivity index (χ3n) is 13.1. The van der Waals surface area contributed by atoms with Crippen LogP contribution in [0.3, 0.4) is 0 Å². The zero-order valence-corrected chi connectivity index (χ0v) is 42.0. The van der Waals surface area contributed by atoms with Crippen LogP contribution in [0.5, 0.6) is 0 Å². The van der Waals surface area contributed by atoms with E-state index in [4.69, 9.17) is 0 Å². The lowest BCUT2D eigenvalue weighted by molar-refractivity contribution is 0.821. The molecule has 0 unspecified atom stereocenters. The largest absolute Gasteiger partial charge is 0.440 e. The van der Waals surface area contributed by atoms with Gasteiger partial charge in [0.05, 0.1) is 0 Å². The van der Waals surface area contributed by atoms with Crippen LogP contribution < -0.4 is 19.2 Å². The van der Waals surface area contributed by atoms with Gasteiger partial charge >= 0.3 is 13.4 Å². The van der Waals surface area contributed by atoms with Crippen molar-refractivity contribution in [3.05, 3.63) is 117 Å². The highest BCUT2D eigenvalue weighted by Gasteiger charge is 2.45. The first-order valence-corrected chi connectivity index (χ1v) is 26.1. The van der Waals surface area contributed by atoms with E-state index in [0.29, 0.717) is 47.3 Å². The van der Waals surface area contributed by atoms with Crippen molar-refractivity contribution in [1.82, 2.24) is 0 Å². The standard InChI is InChI=1S/C52H76B2N4P2/c1-33(2)41-21-17-22-42(34(3)4)49(41)55-29-30-56(50-43(35(5)6)23-18-24-44(50)36(7)8)53(55)59-60-54-57(51-45(37(9)10)25-19-26-46(51)38(11)12)31-32-58(54)52-47(39(13)14)27-20-28-48(52)40(15)16/h17-28,33-40H,29-32H2,1-16H3. The van der Waals surface area contributed by atoms with Gasteiger partial charge in [0.15, 0.2) is 0 Å². The summed E-state index contributed by atoms with van der Waals surface area (Å²) in [6.45, 7) is 42.6. The van der Waals surface area contributed by atoms with Gasteiger partial charge in [-0.15, -0.1) is 0 Å². The Bertz CT molecular complexity index is 1730. The van der Waals surface area contributed by atoms with Gasteiger partial charge in [-0.1, -0.05) is 199 Å². The second-order valence-electron chi connectivity index (χ2n) is 20.1. The predicted octanol–water partition coefficient (Wildman–Crippen LogP) is 15.8. The minimum absolute atomic E-state index is 0.181. The highest BCUT2D eigenvalue weighted by molar-refractivity contribution is 8.14. The van der Waals surface area contributed by atoms with Crippen molar-refractivity contribution >= 4 is 51.6 Å². The number of anilines is 4. The van der Waals surface area contributed by atoms with Gasteiger partial charge in [0.1, 0.15) is 0 Å². The Kier molecular flexibility index (Phi) is 15.0. The Hall–Kier alpha value is -3.19.